The summed E-state index contributed by atoms with van der Waals surface area (Å²) in [4.78, 5) is 2.50. The molecule has 2 aliphatic rings. The van der Waals surface area contributed by atoms with Crippen molar-refractivity contribution in [3.05, 3.63) is 24.3 Å². The fourth-order valence-corrected chi connectivity index (χ4v) is 3.69. The van der Waals surface area contributed by atoms with Crippen LogP contribution in [-0.2, 0) is 0 Å². The quantitative estimate of drug-likeness (QED) is 0.916. The molecule has 3 rings (SSSR count). The minimum atomic E-state index is 0.567. The number of rotatable bonds is 4. The molecule has 1 aliphatic carbocycles. The van der Waals surface area contributed by atoms with Crippen LogP contribution >= 0.6 is 0 Å². The molecule has 2 N–H and O–H groups in total. The smallest absolute Gasteiger partial charge is 0.121 e. The van der Waals surface area contributed by atoms with Crippen molar-refractivity contribution in [1.29, 1.82) is 0 Å². The molecular weight excluding hydrogens is 248 g/mol. The van der Waals surface area contributed by atoms with Crippen molar-refractivity contribution in [2.45, 2.75) is 38.5 Å². The van der Waals surface area contributed by atoms with Gasteiger partial charge in [0.15, 0.2) is 0 Å². The summed E-state index contributed by atoms with van der Waals surface area (Å²) in [5.74, 6) is 0.940. The summed E-state index contributed by atoms with van der Waals surface area (Å²) < 4.78 is 5.62. The van der Waals surface area contributed by atoms with E-state index in [0.29, 0.717) is 18.6 Å². The topological polar surface area (TPSA) is 38.5 Å². The third-order valence-corrected chi connectivity index (χ3v) is 4.79. The maximum absolute atomic E-state index is 5.62. The number of nitrogens with zero attached hydrogens (tertiary/aromatic N) is 1. The van der Waals surface area contributed by atoms with Crippen LogP contribution in [0.15, 0.2) is 24.3 Å². The zero-order chi connectivity index (χ0) is 13.8. The predicted molar refractivity (Wildman–Crippen MR) is 83.3 cm³/mol. The second kappa shape index (κ2) is 6.04. The van der Waals surface area contributed by atoms with E-state index in [1.165, 1.54) is 57.3 Å². The van der Waals surface area contributed by atoms with E-state index in [1.54, 1.807) is 0 Å². The first-order valence-corrected chi connectivity index (χ1v) is 7.99. The molecule has 0 unspecified atom stereocenters. The summed E-state index contributed by atoms with van der Waals surface area (Å²) in [6.45, 7) is 3.62. The highest BCUT2D eigenvalue weighted by Gasteiger charge is 2.42. The monoisotopic (exact) mass is 274 g/mol. The molecule has 110 valence electrons. The lowest BCUT2D eigenvalue weighted by Crippen LogP contribution is -2.56. The molecular formula is C17H26N2O. The Bertz CT molecular complexity index is 430. The highest BCUT2D eigenvalue weighted by Crippen LogP contribution is 2.44. The van der Waals surface area contributed by atoms with Gasteiger partial charge in [0.2, 0.25) is 0 Å². The number of anilines is 1. The third kappa shape index (κ3) is 2.93. The van der Waals surface area contributed by atoms with Gasteiger partial charge in [-0.25, -0.2) is 0 Å². The molecule has 20 heavy (non-hydrogen) atoms. The predicted octanol–water partition coefficient (Wildman–Crippen LogP) is 3.18. The Morgan fingerprint density at radius 1 is 1.10 bits per heavy atom. The van der Waals surface area contributed by atoms with Gasteiger partial charge < -0.3 is 15.4 Å². The molecule has 1 saturated carbocycles. The average molecular weight is 274 g/mol. The van der Waals surface area contributed by atoms with E-state index in [-0.39, 0.29) is 0 Å². The molecule has 0 amide bonds. The van der Waals surface area contributed by atoms with Gasteiger partial charge >= 0.3 is 0 Å². The van der Waals surface area contributed by atoms with Crippen molar-refractivity contribution in [2.24, 2.45) is 11.1 Å². The summed E-state index contributed by atoms with van der Waals surface area (Å²) in [7, 11) is 0. The molecule has 0 atom stereocenters. The van der Waals surface area contributed by atoms with E-state index < -0.39 is 0 Å². The van der Waals surface area contributed by atoms with Gasteiger partial charge in [0.05, 0.1) is 0 Å². The second-order valence-corrected chi connectivity index (χ2v) is 6.40. The van der Waals surface area contributed by atoms with Crippen LogP contribution in [0.25, 0.3) is 0 Å². The number of nitrogens with two attached hydrogens (primary N) is 1. The third-order valence-electron chi connectivity index (χ3n) is 4.79. The first-order chi connectivity index (χ1) is 9.81. The van der Waals surface area contributed by atoms with E-state index in [9.17, 15) is 0 Å². The van der Waals surface area contributed by atoms with Crippen LogP contribution < -0.4 is 15.4 Å². The van der Waals surface area contributed by atoms with Crippen molar-refractivity contribution in [3.8, 4) is 5.75 Å². The normalized spacial score (nSPS) is 21.4. The van der Waals surface area contributed by atoms with Crippen molar-refractivity contribution in [2.75, 3.05) is 31.1 Å². The van der Waals surface area contributed by atoms with E-state index in [4.69, 9.17) is 10.5 Å². The number of hydrogen-bond acceptors (Lipinski definition) is 3. The highest BCUT2D eigenvalue weighted by molar-refractivity contribution is 5.53. The molecule has 0 radical (unpaired) electrons. The fraction of sp³-hybridized carbons (Fsp3) is 0.647. The first kappa shape index (κ1) is 13.7. The van der Waals surface area contributed by atoms with Crippen LogP contribution in [0.1, 0.15) is 38.5 Å². The van der Waals surface area contributed by atoms with Gasteiger partial charge in [0, 0.05) is 36.8 Å². The van der Waals surface area contributed by atoms with Crippen LogP contribution in [0.3, 0.4) is 0 Å². The van der Waals surface area contributed by atoms with Crippen molar-refractivity contribution < 1.29 is 4.74 Å². The minimum absolute atomic E-state index is 0.567. The molecule has 1 aromatic carbocycles. The Morgan fingerprint density at radius 3 is 2.55 bits per heavy atom. The number of benzene rings is 1. The van der Waals surface area contributed by atoms with Gasteiger partial charge in [0.25, 0.3) is 0 Å². The Morgan fingerprint density at radius 2 is 1.85 bits per heavy atom. The molecule has 1 aliphatic heterocycles. The first-order valence-electron chi connectivity index (χ1n) is 7.99. The van der Waals surface area contributed by atoms with Crippen molar-refractivity contribution >= 4 is 5.69 Å². The van der Waals surface area contributed by atoms with Gasteiger partial charge in [-0.2, -0.15) is 0 Å². The van der Waals surface area contributed by atoms with Crippen LogP contribution in [0.2, 0.25) is 0 Å². The molecule has 1 heterocycles. The van der Waals surface area contributed by atoms with Crippen LogP contribution in [-0.4, -0.2) is 26.2 Å². The molecule has 1 aromatic rings. The van der Waals surface area contributed by atoms with E-state index >= 15 is 0 Å². The largest absolute Gasteiger partial charge is 0.492 e. The summed E-state index contributed by atoms with van der Waals surface area (Å²) in [5.41, 5.74) is 7.40. The summed E-state index contributed by atoms with van der Waals surface area (Å²) in [6.07, 6.45) is 8.56. The molecule has 0 aromatic heterocycles. The lowest BCUT2D eigenvalue weighted by atomic mass is 9.73. The van der Waals surface area contributed by atoms with E-state index in [0.717, 1.165) is 5.75 Å². The molecule has 0 bridgehead atoms. The van der Waals surface area contributed by atoms with Crippen LogP contribution in [0.5, 0.6) is 5.75 Å². The van der Waals surface area contributed by atoms with Crippen LogP contribution in [0.4, 0.5) is 5.69 Å². The molecule has 3 nitrogen and oxygen atoms in total. The van der Waals surface area contributed by atoms with Gasteiger partial charge in [0.1, 0.15) is 12.4 Å². The molecule has 1 spiro atoms. The SMILES string of the molecule is NCCOc1cccc(N2CC3(CCCCCC3)C2)c1. The Balaban J connectivity index is 1.61. The zero-order valence-corrected chi connectivity index (χ0v) is 12.3. The van der Waals surface area contributed by atoms with Gasteiger partial charge in [-0.1, -0.05) is 31.7 Å². The number of hydrogen-bond donors (Lipinski definition) is 1. The highest BCUT2D eigenvalue weighted by atomic mass is 16.5. The summed E-state index contributed by atoms with van der Waals surface area (Å²) in [6, 6.07) is 8.44. The fourth-order valence-electron chi connectivity index (χ4n) is 3.69. The van der Waals surface area contributed by atoms with Crippen molar-refractivity contribution in [1.82, 2.24) is 0 Å². The Labute approximate surface area is 122 Å². The summed E-state index contributed by atoms with van der Waals surface area (Å²) in [5, 5.41) is 0. The van der Waals surface area contributed by atoms with Gasteiger partial charge in [-0.15, -0.1) is 0 Å². The van der Waals surface area contributed by atoms with Gasteiger partial charge in [-0.3, -0.25) is 0 Å². The maximum atomic E-state index is 5.62. The molecule has 2 fully saturated rings. The summed E-state index contributed by atoms with van der Waals surface area (Å²) >= 11 is 0. The second-order valence-electron chi connectivity index (χ2n) is 6.40. The van der Waals surface area contributed by atoms with E-state index in [1.807, 2.05) is 6.07 Å². The number of ether oxygens (including phenoxy) is 1. The molecule has 1 saturated heterocycles. The Hall–Kier alpha value is -1.22. The zero-order valence-electron chi connectivity index (χ0n) is 12.3. The Kier molecular flexibility index (Phi) is 4.16. The lowest BCUT2D eigenvalue weighted by Gasteiger charge is -2.51. The van der Waals surface area contributed by atoms with Gasteiger partial charge in [-0.05, 0) is 25.0 Å². The molecule has 3 heteroatoms. The average Bonchev–Trinajstić information content (AvgIpc) is 2.69. The minimum Gasteiger partial charge on any atom is -0.492 e. The van der Waals surface area contributed by atoms with Crippen molar-refractivity contribution in [3.63, 3.8) is 0 Å². The maximum Gasteiger partial charge on any atom is 0.121 e. The standard InChI is InChI=1S/C17H26N2O/c18-10-11-20-16-7-5-6-15(12-16)19-13-17(14-19)8-3-1-2-4-9-17/h5-7,12H,1-4,8-11,13-14,18H2. The van der Waals surface area contributed by atoms with Crippen LogP contribution in [0, 0.1) is 5.41 Å². The lowest BCUT2D eigenvalue weighted by molar-refractivity contribution is 0.180. The van der Waals surface area contributed by atoms with E-state index in [2.05, 4.69) is 23.1 Å².